The van der Waals surface area contributed by atoms with Crippen LogP contribution in [0.15, 0.2) is 66.1 Å². The maximum Gasteiger partial charge on any atom is 0.330 e. The highest BCUT2D eigenvalue weighted by Crippen LogP contribution is 2.36. The van der Waals surface area contributed by atoms with Crippen molar-refractivity contribution in [1.29, 1.82) is 0 Å². The minimum atomic E-state index is -4.39. The molecule has 1 atom stereocenters. The largest absolute Gasteiger partial charge is 0.488 e. The summed E-state index contributed by atoms with van der Waals surface area (Å²) in [5.41, 5.74) is 0. The van der Waals surface area contributed by atoms with Crippen LogP contribution in [-0.2, 0) is 24.4 Å². The predicted octanol–water partition coefficient (Wildman–Crippen LogP) is 4.53. The third kappa shape index (κ3) is 5.85. The van der Waals surface area contributed by atoms with E-state index in [2.05, 4.69) is 6.58 Å². The maximum absolute atomic E-state index is 11.8. The van der Waals surface area contributed by atoms with Crippen molar-refractivity contribution in [2.24, 2.45) is 0 Å². The summed E-state index contributed by atoms with van der Waals surface area (Å²) in [5.74, 6) is -0.161. The molecule has 32 heavy (non-hydrogen) atoms. The van der Waals surface area contributed by atoms with E-state index in [4.69, 9.17) is 14.2 Å². The summed E-state index contributed by atoms with van der Waals surface area (Å²) in [7, 11) is -4.39. The van der Waals surface area contributed by atoms with Crippen LogP contribution in [0.25, 0.3) is 21.5 Å². The summed E-state index contributed by atoms with van der Waals surface area (Å²) in [6.45, 7) is 6.15. The second kappa shape index (κ2) is 10.6. The molecule has 8 heteroatoms. The molecule has 0 radical (unpaired) electrons. The first-order chi connectivity index (χ1) is 15.3. The molecular formula is C24H26O7S. The van der Waals surface area contributed by atoms with Crippen LogP contribution in [0.5, 0.6) is 5.75 Å². The van der Waals surface area contributed by atoms with Crippen LogP contribution in [0.1, 0.15) is 19.8 Å². The topological polar surface area (TPSA) is 99.1 Å². The molecule has 7 nitrogen and oxygen atoms in total. The van der Waals surface area contributed by atoms with Gasteiger partial charge < -0.3 is 14.2 Å². The zero-order valence-electron chi connectivity index (χ0n) is 17.8. The van der Waals surface area contributed by atoms with Crippen LogP contribution in [0, 0.1) is 0 Å². The molecule has 0 saturated heterocycles. The van der Waals surface area contributed by atoms with Gasteiger partial charge in [0.25, 0.3) is 10.1 Å². The molecule has 3 aromatic carbocycles. The van der Waals surface area contributed by atoms with Crippen molar-refractivity contribution in [3.05, 3.63) is 61.2 Å². The van der Waals surface area contributed by atoms with Gasteiger partial charge in [0.05, 0.1) is 11.5 Å². The fraction of sp³-hybridized carbons (Fsp3) is 0.292. The quantitative estimate of drug-likeness (QED) is 0.148. The van der Waals surface area contributed by atoms with Gasteiger partial charge in [-0.3, -0.25) is 4.55 Å². The number of unbranched alkanes of at least 4 members (excludes halogenated alkanes) is 1. The molecule has 0 bridgehead atoms. The Morgan fingerprint density at radius 1 is 1.09 bits per heavy atom. The van der Waals surface area contributed by atoms with Gasteiger partial charge >= 0.3 is 5.97 Å². The second-order valence-electron chi connectivity index (χ2n) is 7.29. The number of carbonyl (C=O) groups excluding carboxylic acids is 1. The van der Waals surface area contributed by atoms with Crippen LogP contribution in [0.2, 0.25) is 0 Å². The van der Waals surface area contributed by atoms with Crippen molar-refractivity contribution in [2.75, 3.05) is 19.8 Å². The third-order valence-electron chi connectivity index (χ3n) is 4.89. The Morgan fingerprint density at radius 2 is 1.84 bits per heavy atom. The van der Waals surface area contributed by atoms with Gasteiger partial charge in [-0.15, -0.1) is 0 Å². The van der Waals surface area contributed by atoms with Gasteiger partial charge in [0, 0.05) is 23.5 Å². The standard InChI is InChI=1S/C24H26O7S/c1-3-5-12-29-15-19(31-23(25)4-2)16-30-24-21-9-7-6-8-17(21)13-18-10-11-20(14-22(18)24)32(26,27)28/h4,6-11,13-14,19H,2-3,5,12,15-16H2,1H3,(H,26,27,28). The van der Waals surface area contributed by atoms with Gasteiger partial charge in [0.2, 0.25) is 0 Å². The molecule has 0 spiro atoms. The number of carbonyl (C=O) groups is 1. The van der Waals surface area contributed by atoms with Crippen LogP contribution < -0.4 is 4.74 Å². The average Bonchev–Trinajstić information content (AvgIpc) is 2.78. The highest BCUT2D eigenvalue weighted by atomic mass is 32.2. The van der Waals surface area contributed by atoms with E-state index in [1.165, 1.54) is 12.1 Å². The Hall–Kier alpha value is -2.94. The van der Waals surface area contributed by atoms with E-state index in [1.807, 2.05) is 37.3 Å². The van der Waals surface area contributed by atoms with Crippen molar-refractivity contribution in [3.8, 4) is 5.75 Å². The number of hydrogen-bond acceptors (Lipinski definition) is 6. The van der Waals surface area contributed by atoms with Gasteiger partial charge in [-0.2, -0.15) is 8.42 Å². The van der Waals surface area contributed by atoms with Gasteiger partial charge in [-0.25, -0.2) is 4.79 Å². The van der Waals surface area contributed by atoms with E-state index in [9.17, 15) is 17.8 Å². The number of rotatable bonds is 11. The number of benzene rings is 3. The van der Waals surface area contributed by atoms with E-state index in [0.717, 1.165) is 35.1 Å². The number of esters is 1. The molecule has 0 aliphatic carbocycles. The maximum atomic E-state index is 11.8. The number of ether oxygens (including phenoxy) is 3. The first kappa shape index (κ1) is 23.7. The lowest BCUT2D eigenvalue weighted by atomic mass is 10.0. The lowest BCUT2D eigenvalue weighted by Gasteiger charge is -2.20. The number of fused-ring (bicyclic) bond motifs is 2. The van der Waals surface area contributed by atoms with Crippen molar-refractivity contribution in [3.63, 3.8) is 0 Å². The molecule has 170 valence electrons. The molecule has 0 saturated carbocycles. The summed E-state index contributed by atoms with van der Waals surface area (Å²) in [4.78, 5) is 11.5. The van der Waals surface area contributed by atoms with Crippen LogP contribution >= 0.6 is 0 Å². The Labute approximate surface area is 187 Å². The highest BCUT2D eigenvalue weighted by molar-refractivity contribution is 7.85. The summed E-state index contributed by atoms with van der Waals surface area (Å²) in [5, 5.41) is 2.91. The smallest absolute Gasteiger partial charge is 0.330 e. The van der Waals surface area contributed by atoms with Crippen LogP contribution in [-0.4, -0.2) is 44.9 Å². The normalized spacial score (nSPS) is 12.6. The minimum Gasteiger partial charge on any atom is -0.488 e. The zero-order valence-corrected chi connectivity index (χ0v) is 18.6. The summed E-state index contributed by atoms with van der Waals surface area (Å²) in [6, 6.07) is 13.7. The van der Waals surface area contributed by atoms with E-state index >= 15 is 0 Å². The minimum absolute atomic E-state index is 0.00901. The Balaban J connectivity index is 1.97. The lowest BCUT2D eigenvalue weighted by Crippen LogP contribution is -2.29. The Bertz CT molecular complexity index is 1220. The van der Waals surface area contributed by atoms with Crippen molar-refractivity contribution < 1.29 is 32.0 Å². The summed E-state index contributed by atoms with van der Waals surface area (Å²) < 4.78 is 49.9. The van der Waals surface area contributed by atoms with Gasteiger partial charge in [-0.05, 0) is 35.4 Å². The zero-order chi connectivity index (χ0) is 23.1. The third-order valence-corrected chi connectivity index (χ3v) is 5.74. The predicted molar refractivity (Wildman–Crippen MR) is 123 cm³/mol. The van der Waals surface area contributed by atoms with Gasteiger partial charge in [-0.1, -0.05) is 50.3 Å². The highest BCUT2D eigenvalue weighted by Gasteiger charge is 2.18. The van der Waals surface area contributed by atoms with E-state index in [0.29, 0.717) is 17.7 Å². The van der Waals surface area contributed by atoms with E-state index in [-0.39, 0.29) is 18.1 Å². The summed E-state index contributed by atoms with van der Waals surface area (Å²) >= 11 is 0. The molecule has 0 fully saturated rings. The van der Waals surface area contributed by atoms with Crippen LogP contribution in [0.3, 0.4) is 0 Å². The molecule has 1 unspecified atom stereocenters. The molecule has 0 heterocycles. The fourth-order valence-electron chi connectivity index (χ4n) is 3.28. The molecule has 0 aliphatic heterocycles. The monoisotopic (exact) mass is 458 g/mol. The first-order valence-electron chi connectivity index (χ1n) is 10.3. The molecule has 3 aromatic rings. The molecule has 0 aliphatic rings. The SMILES string of the molecule is C=CC(=O)OC(COCCCC)COc1c2ccccc2cc2ccc(S(=O)(=O)O)cc12. The Morgan fingerprint density at radius 3 is 2.56 bits per heavy atom. The van der Waals surface area contributed by atoms with Gasteiger partial charge in [0.15, 0.2) is 6.10 Å². The van der Waals surface area contributed by atoms with E-state index < -0.39 is 22.2 Å². The summed E-state index contributed by atoms with van der Waals surface area (Å²) in [6.07, 6.45) is 2.25. The average molecular weight is 459 g/mol. The molecular weight excluding hydrogens is 432 g/mol. The lowest BCUT2D eigenvalue weighted by molar-refractivity contribution is -0.148. The van der Waals surface area contributed by atoms with Gasteiger partial charge in [0.1, 0.15) is 12.4 Å². The van der Waals surface area contributed by atoms with Crippen molar-refractivity contribution in [1.82, 2.24) is 0 Å². The molecule has 3 rings (SSSR count). The molecule has 0 aromatic heterocycles. The van der Waals surface area contributed by atoms with Crippen molar-refractivity contribution in [2.45, 2.75) is 30.8 Å². The Kier molecular flexibility index (Phi) is 7.84. The van der Waals surface area contributed by atoms with Crippen LogP contribution in [0.4, 0.5) is 0 Å². The second-order valence-corrected chi connectivity index (χ2v) is 8.71. The molecule has 1 N–H and O–H groups in total. The molecule has 0 amide bonds. The fourth-order valence-corrected chi connectivity index (χ4v) is 3.79. The number of hydrogen-bond donors (Lipinski definition) is 1. The first-order valence-corrected chi connectivity index (χ1v) is 11.7. The van der Waals surface area contributed by atoms with E-state index in [1.54, 1.807) is 6.07 Å². The van der Waals surface area contributed by atoms with Crippen molar-refractivity contribution >= 4 is 37.6 Å².